The Bertz CT molecular complexity index is 1120. The highest BCUT2D eigenvalue weighted by Crippen LogP contribution is 2.26. The van der Waals surface area contributed by atoms with Crippen LogP contribution in [0.1, 0.15) is 17.0 Å². The van der Waals surface area contributed by atoms with Crippen molar-refractivity contribution < 1.29 is 22.3 Å². The number of hydrogen-bond acceptors (Lipinski definition) is 5. The minimum Gasteiger partial charge on any atom is -0.497 e. The van der Waals surface area contributed by atoms with Gasteiger partial charge in [0.05, 0.1) is 18.9 Å². The van der Waals surface area contributed by atoms with E-state index in [9.17, 15) is 8.42 Å². The third-order valence-corrected chi connectivity index (χ3v) is 6.48. The summed E-state index contributed by atoms with van der Waals surface area (Å²) >= 11 is 1.63. The first-order chi connectivity index (χ1) is 13.8. The van der Waals surface area contributed by atoms with E-state index in [4.69, 9.17) is 9.29 Å². The van der Waals surface area contributed by atoms with Crippen molar-refractivity contribution in [1.82, 2.24) is 0 Å². The Labute approximate surface area is 175 Å². The van der Waals surface area contributed by atoms with Crippen molar-refractivity contribution in [3.05, 3.63) is 53.0 Å². The second kappa shape index (κ2) is 8.94. The molecule has 0 aliphatic heterocycles. The molecule has 0 unspecified atom stereocenters. The van der Waals surface area contributed by atoms with Gasteiger partial charge in [-0.15, -0.1) is 0 Å². The van der Waals surface area contributed by atoms with Crippen molar-refractivity contribution >= 4 is 49.5 Å². The maximum absolute atomic E-state index is 11.1. The van der Waals surface area contributed by atoms with E-state index in [1.165, 1.54) is 0 Å². The van der Waals surface area contributed by atoms with Gasteiger partial charge in [0.25, 0.3) is 15.1 Å². The fourth-order valence-corrected chi connectivity index (χ4v) is 4.58. The van der Waals surface area contributed by atoms with Crippen molar-refractivity contribution in [3.8, 4) is 5.75 Å². The van der Waals surface area contributed by atoms with Crippen LogP contribution in [0.4, 0.5) is 5.69 Å². The Morgan fingerprint density at radius 1 is 1.14 bits per heavy atom. The molecule has 0 saturated carbocycles. The van der Waals surface area contributed by atoms with Crippen molar-refractivity contribution in [2.75, 3.05) is 31.9 Å². The van der Waals surface area contributed by atoms with Crippen molar-refractivity contribution in [2.24, 2.45) is 0 Å². The van der Waals surface area contributed by atoms with Crippen LogP contribution < -0.4 is 14.2 Å². The second-order valence-electron chi connectivity index (χ2n) is 6.88. The predicted molar refractivity (Wildman–Crippen MR) is 119 cm³/mol. The molecule has 1 N–H and O–H groups in total. The average Bonchev–Trinajstić information content (AvgIpc) is 3.02. The number of thiazole rings is 1. The number of methoxy groups -OCH3 is 1. The fourth-order valence-electron chi connectivity index (χ4n) is 3.02. The summed E-state index contributed by atoms with van der Waals surface area (Å²) in [5, 5.41) is 1.00. The number of benzene rings is 2. The predicted octanol–water partition coefficient (Wildman–Crippen LogP) is 3.71. The van der Waals surface area contributed by atoms with Crippen LogP contribution >= 0.6 is 11.3 Å². The van der Waals surface area contributed by atoms with E-state index < -0.39 is 10.1 Å². The number of hydrogen-bond donors (Lipinski definition) is 1. The lowest BCUT2D eigenvalue weighted by atomic mass is 10.2. The van der Waals surface area contributed by atoms with Crippen LogP contribution in [0.15, 0.2) is 42.5 Å². The molecule has 0 aliphatic carbocycles. The Morgan fingerprint density at radius 2 is 1.86 bits per heavy atom. The first-order valence-corrected chi connectivity index (χ1v) is 11.6. The van der Waals surface area contributed by atoms with Gasteiger partial charge in [0.2, 0.25) is 5.52 Å². The summed E-state index contributed by atoms with van der Waals surface area (Å²) in [5.41, 5.74) is 3.19. The van der Waals surface area contributed by atoms with Gasteiger partial charge in [-0.3, -0.25) is 4.55 Å². The molecular weight excluding hydrogens is 408 g/mol. The van der Waals surface area contributed by atoms with Crippen LogP contribution in [-0.4, -0.2) is 39.9 Å². The van der Waals surface area contributed by atoms with Gasteiger partial charge >= 0.3 is 0 Å². The van der Waals surface area contributed by atoms with Crippen LogP contribution in [0.2, 0.25) is 0 Å². The largest absolute Gasteiger partial charge is 0.497 e. The highest BCUT2D eigenvalue weighted by atomic mass is 32.2. The minimum atomic E-state index is -3.98. The normalized spacial score (nSPS) is 12.0. The topological polar surface area (TPSA) is 70.7 Å². The molecule has 3 rings (SSSR count). The van der Waals surface area contributed by atoms with E-state index in [1.807, 2.05) is 44.4 Å². The molecule has 2 aromatic carbocycles. The average molecular weight is 434 g/mol. The number of nitrogens with zero attached hydrogens (tertiary/aromatic N) is 2. The SMILES string of the molecule is COc1ccc2sc(/C=C/c3ccc(N(C)C)cc3)[n+](CCCS(=O)(=O)O)c2c1. The van der Waals surface area contributed by atoms with E-state index >= 15 is 0 Å². The molecule has 0 amide bonds. The van der Waals surface area contributed by atoms with Gasteiger partial charge in [0.1, 0.15) is 10.4 Å². The van der Waals surface area contributed by atoms with Gasteiger partial charge in [-0.1, -0.05) is 23.5 Å². The zero-order valence-corrected chi connectivity index (χ0v) is 18.3. The van der Waals surface area contributed by atoms with Gasteiger partial charge in [-0.2, -0.15) is 13.0 Å². The van der Waals surface area contributed by atoms with E-state index in [2.05, 4.69) is 33.7 Å². The first-order valence-electron chi connectivity index (χ1n) is 9.18. The Hall–Kier alpha value is -2.42. The highest BCUT2D eigenvalue weighted by molar-refractivity contribution is 7.85. The van der Waals surface area contributed by atoms with Crippen molar-refractivity contribution in [3.63, 3.8) is 0 Å². The smallest absolute Gasteiger partial charge is 0.265 e. The summed E-state index contributed by atoms with van der Waals surface area (Å²) in [7, 11) is 1.65. The van der Waals surface area contributed by atoms with E-state index in [0.717, 1.165) is 32.2 Å². The molecule has 3 aromatic rings. The lowest BCUT2D eigenvalue weighted by Crippen LogP contribution is -2.36. The third-order valence-electron chi connectivity index (χ3n) is 4.55. The molecule has 6 nitrogen and oxygen atoms in total. The lowest BCUT2D eigenvalue weighted by molar-refractivity contribution is -0.668. The van der Waals surface area contributed by atoms with Crippen molar-refractivity contribution in [2.45, 2.75) is 13.0 Å². The van der Waals surface area contributed by atoms with Gasteiger partial charge in [0, 0.05) is 32.3 Å². The number of aryl methyl sites for hydroxylation is 1. The number of aromatic nitrogens is 1. The maximum Gasteiger partial charge on any atom is 0.265 e. The summed E-state index contributed by atoms with van der Waals surface area (Å²) in [6.45, 7) is 0.478. The maximum atomic E-state index is 11.1. The molecule has 29 heavy (non-hydrogen) atoms. The molecule has 154 valence electrons. The van der Waals surface area contributed by atoms with Crippen LogP contribution in [0, 0.1) is 0 Å². The monoisotopic (exact) mass is 433 g/mol. The molecule has 0 spiro atoms. The zero-order valence-electron chi connectivity index (χ0n) is 16.7. The second-order valence-corrected chi connectivity index (χ2v) is 9.52. The quantitative estimate of drug-likeness (QED) is 0.433. The van der Waals surface area contributed by atoms with E-state index in [0.29, 0.717) is 13.0 Å². The third kappa shape index (κ3) is 5.56. The summed E-state index contributed by atoms with van der Waals surface area (Å²) in [4.78, 5) is 2.05. The summed E-state index contributed by atoms with van der Waals surface area (Å²) in [6.07, 6.45) is 4.40. The lowest BCUT2D eigenvalue weighted by Gasteiger charge is -2.11. The molecule has 0 fully saturated rings. The van der Waals surface area contributed by atoms with E-state index in [-0.39, 0.29) is 5.75 Å². The summed E-state index contributed by atoms with van der Waals surface area (Å²) in [5.74, 6) is 0.477. The summed E-state index contributed by atoms with van der Waals surface area (Å²) in [6, 6.07) is 14.1. The molecule has 0 atom stereocenters. The number of ether oxygens (including phenoxy) is 1. The first kappa shape index (κ1) is 21.3. The Balaban J connectivity index is 1.93. The molecule has 8 heteroatoms. The molecule has 0 saturated heterocycles. The Kier molecular flexibility index (Phi) is 6.56. The van der Waals surface area contributed by atoms with Crippen LogP contribution in [0.5, 0.6) is 5.75 Å². The van der Waals surface area contributed by atoms with Gasteiger partial charge in [0.15, 0.2) is 6.54 Å². The molecule has 1 heterocycles. The number of rotatable bonds is 8. The molecule has 0 aliphatic rings. The molecule has 0 radical (unpaired) electrons. The van der Waals surface area contributed by atoms with Crippen molar-refractivity contribution in [1.29, 1.82) is 0 Å². The Morgan fingerprint density at radius 3 is 2.48 bits per heavy atom. The van der Waals surface area contributed by atoms with Crippen LogP contribution in [-0.2, 0) is 16.7 Å². The van der Waals surface area contributed by atoms with Gasteiger partial charge in [-0.05, 0) is 35.9 Å². The fraction of sp³-hybridized carbons (Fsp3) is 0.286. The highest BCUT2D eigenvalue weighted by Gasteiger charge is 2.20. The van der Waals surface area contributed by atoms with Crippen LogP contribution in [0.3, 0.4) is 0 Å². The minimum absolute atomic E-state index is 0.267. The standard InChI is InChI=1S/C21H24N2O4S2/c1-22(2)17-8-5-16(6-9-17)7-12-21-23(13-4-14-29(24,25)26)19-15-18(27-3)10-11-20(19)28-21/h5-12,15H,4,13-14H2,1-3H3/p+1. The number of fused-ring (bicyclic) bond motifs is 1. The van der Waals surface area contributed by atoms with Gasteiger partial charge in [-0.25, -0.2) is 0 Å². The van der Waals surface area contributed by atoms with E-state index in [1.54, 1.807) is 18.4 Å². The van der Waals surface area contributed by atoms with Crippen LogP contribution in [0.25, 0.3) is 22.4 Å². The summed E-state index contributed by atoms with van der Waals surface area (Å²) < 4.78 is 39.8. The number of anilines is 1. The van der Waals surface area contributed by atoms with Gasteiger partial charge < -0.3 is 9.64 Å². The zero-order chi connectivity index (χ0) is 21.0. The molecule has 0 bridgehead atoms. The molecular formula is C21H25N2O4S2+. The molecule has 1 aromatic heterocycles.